The summed E-state index contributed by atoms with van der Waals surface area (Å²) < 4.78 is 26.5. The number of hydrogen-bond donors (Lipinski definition) is 5. The van der Waals surface area contributed by atoms with Crippen LogP contribution in [0.15, 0.2) is 10.6 Å². The van der Waals surface area contributed by atoms with Crippen LogP contribution in [-0.2, 0) is 14.8 Å². The van der Waals surface area contributed by atoms with Gasteiger partial charge < -0.3 is 5.43 Å². The highest BCUT2D eigenvalue weighted by Gasteiger charge is 2.32. The monoisotopic (exact) mass is 391 g/mol. The molecule has 5 N–H and O–H groups in total. The lowest BCUT2D eigenvalue weighted by molar-refractivity contribution is -0.117. The molecule has 10 heteroatoms. The largest absolute Gasteiger partial charge is 0.315 e. The van der Waals surface area contributed by atoms with Gasteiger partial charge in [-0.25, -0.2) is 18.6 Å². The molecule has 1 saturated carbocycles. The van der Waals surface area contributed by atoms with Crippen LogP contribution in [0.3, 0.4) is 0 Å². The second-order valence-electron chi connectivity index (χ2n) is 7.57. The van der Waals surface area contributed by atoms with Gasteiger partial charge in [-0.15, -0.1) is 0 Å². The molecule has 0 bridgehead atoms. The van der Waals surface area contributed by atoms with Crippen LogP contribution in [0.25, 0.3) is 0 Å². The third kappa shape index (κ3) is 5.58. The van der Waals surface area contributed by atoms with E-state index in [1.807, 2.05) is 6.92 Å². The second kappa shape index (κ2) is 8.26. The highest BCUT2D eigenvalue weighted by molar-refractivity contribution is 8.02. The van der Waals surface area contributed by atoms with Gasteiger partial charge in [0.2, 0.25) is 10.0 Å². The summed E-state index contributed by atoms with van der Waals surface area (Å²) in [5.74, 6) is 0.268. The van der Waals surface area contributed by atoms with Crippen LogP contribution in [0.5, 0.6) is 0 Å². The van der Waals surface area contributed by atoms with Gasteiger partial charge in [-0.2, -0.15) is 4.83 Å². The average molecular weight is 392 g/mol. The number of hydrogen-bond acceptors (Lipinski definition) is 7. The maximum atomic E-state index is 12.2. The van der Waals surface area contributed by atoms with Crippen molar-refractivity contribution in [3.05, 3.63) is 10.6 Å². The zero-order valence-electron chi connectivity index (χ0n) is 15.2. The van der Waals surface area contributed by atoms with Crippen LogP contribution >= 0.6 is 11.9 Å². The quantitative estimate of drug-likeness (QED) is 0.337. The highest BCUT2D eigenvalue weighted by Crippen LogP contribution is 2.26. The maximum absolute atomic E-state index is 12.2. The topological polar surface area (TPSA) is 111 Å². The molecule has 1 aliphatic heterocycles. The molecule has 1 fully saturated rings. The summed E-state index contributed by atoms with van der Waals surface area (Å²) in [6.45, 7) is 7.64. The zero-order chi connectivity index (χ0) is 18.7. The van der Waals surface area contributed by atoms with Gasteiger partial charge in [-0.1, -0.05) is 0 Å². The molecule has 1 aliphatic carbocycles. The number of sulfonamides is 1. The summed E-state index contributed by atoms with van der Waals surface area (Å²) in [7, 11) is -3.30. The molecular formula is C15H29N5O3S2. The summed E-state index contributed by atoms with van der Waals surface area (Å²) >= 11 is 1.25. The van der Waals surface area contributed by atoms with Crippen LogP contribution < -0.4 is 25.8 Å². The number of carbonyl (C=O) groups is 1. The van der Waals surface area contributed by atoms with Crippen molar-refractivity contribution in [2.24, 2.45) is 5.92 Å². The number of nitrogens with one attached hydrogen (secondary N) is 5. The van der Waals surface area contributed by atoms with Crippen molar-refractivity contribution in [2.45, 2.75) is 64.2 Å². The Kier molecular flexibility index (Phi) is 6.77. The molecule has 0 spiro atoms. The van der Waals surface area contributed by atoms with Crippen molar-refractivity contribution in [2.75, 3.05) is 6.54 Å². The van der Waals surface area contributed by atoms with Gasteiger partial charge >= 0.3 is 0 Å². The lowest BCUT2D eigenvalue weighted by Gasteiger charge is -2.31. The van der Waals surface area contributed by atoms with E-state index in [2.05, 4.69) is 25.8 Å². The van der Waals surface area contributed by atoms with Gasteiger partial charge in [-0.3, -0.25) is 10.2 Å². The van der Waals surface area contributed by atoms with Gasteiger partial charge in [-0.05, 0) is 71.2 Å². The SMILES string of the molecule is CC1=C(C(=O)NNCC2CCC(NS(=O)(=O)C(C)(C)C)CC2)SNN1. The number of carbonyl (C=O) groups excluding carboxylic acids is 1. The second-order valence-corrected chi connectivity index (χ2v) is 10.9. The predicted molar refractivity (Wildman–Crippen MR) is 100 cm³/mol. The van der Waals surface area contributed by atoms with E-state index in [-0.39, 0.29) is 11.9 Å². The molecule has 2 aliphatic rings. The molecule has 2 rings (SSSR count). The molecule has 0 radical (unpaired) electrons. The molecule has 0 unspecified atom stereocenters. The van der Waals surface area contributed by atoms with Crippen molar-refractivity contribution in [1.82, 2.24) is 25.8 Å². The molecule has 25 heavy (non-hydrogen) atoms. The third-order valence-electron chi connectivity index (χ3n) is 4.51. The van der Waals surface area contributed by atoms with Gasteiger partial charge in [0, 0.05) is 18.3 Å². The van der Waals surface area contributed by atoms with Crippen molar-refractivity contribution in [3.63, 3.8) is 0 Å². The smallest absolute Gasteiger partial charge is 0.274 e. The molecule has 0 aromatic heterocycles. The normalized spacial score (nSPS) is 25.0. The molecule has 0 aromatic carbocycles. The van der Waals surface area contributed by atoms with Crippen molar-refractivity contribution in [1.29, 1.82) is 0 Å². The Hall–Kier alpha value is -0.810. The summed E-state index contributed by atoms with van der Waals surface area (Å²) in [5.41, 5.74) is 9.38. The number of rotatable bonds is 6. The molecule has 0 aromatic rings. The van der Waals surface area contributed by atoms with Crippen molar-refractivity contribution in [3.8, 4) is 0 Å². The summed E-state index contributed by atoms with van der Waals surface area (Å²) in [6.07, 6.45) is 3.51. The molecule has 1 amide bonds. The highest BCUT2D eigenvalue weighted by atomic mass is 32.2. The first-order valence-electron chi connectivity index (χ1n) is 8.54. The Morgan fingerprint density at radius 3 is 2.40 bits per heavy atom. The third-order valence-corrected chi connectivity index (χ3v) is 7.66. The van der Waals surface area contributed by atoms with Crippen molar-refractivity contribution >= 4 is 27.9 Å². The van der Waals surface area contributed by atoms with E-state index in [1.165, 1.54) is 11.9 Å². The fraction of sp³-hybridized carbons (Fsp3) is 0.800. The Balaban J connectivity index is 1.69. The first kappa shape index (κ1) is 20.5. The van der Waals surface area contributed by atoms with E-state index in [9.17, 15) is 13.2 Å². The molecule has 0 saturated heterocycles. The molecule has 8 nitrogen and oxygen atoms in total. The maximum Gasteiger partial charge on any atom is 0.274 e. The Morgan fingerprint density at radius 1 is 1.24 bits per heavy atom. The van der Waals surface area contributed by atoms with E-state index < -0.39 is 14.8 Å². The van der Waals surface area contributed by atoms with Crippen LogP contribution in [-0.4, -0.2) is 31.7 Å². The number of amides is 1. The summed E-state index contributed by atoms with van der Waals surface area (Å²) in [6, 6.07) is 0.00917. The van der Waals surface area contributed by atoms with Crippen LogP contribution in [0.4, 0.5) is 0 Å². The van der Waals surface area contributed by atoms with Gasteiger partial charge in [0.1, 0.15) is 4.91 Å². The molecular weight excluding hydrogens is 362 g/mol. The van der Waals surface area contributed by atoms with Crippen LogP contribution in [0.1, 0.15) is 53.4 Å². The minimum atomic E-state index is -3.30. The lowest BCUT2D eigenvalue weighted by Crippen LogP contribution is -2.47. The Morgan fingerprint density at radius 2 is 1.88 bits per heavy atom. The number of hydrazine groups is 2. The summed E-state index contributed by atoms with van der Waals surface area (Å²) in [5, 5.41) is 0. The Labute approximate surface area is 154 Å². The fourth-order valence-corrected chi connectivity index (χ4v) is 4.40. The molecule has 144 valence electrons. The van der Waals surface area contributed by atoms with Crippen LogP contribution in [0, 0.1) is 5.92 Å². The van der Waals surface area contributed by atoms with Gasteiger partial charge in [0.15, 0.2) is 0 Å². The van der Waals surface area contributed by atoms with E-state index in [4.69, 9.17) is 0 Å². The van der Waals surface area contributed by atoms with Crippen molar-refractivity contribution < 1.29 is 13.2 Å². The molecule has 0 atom stereocenters. The van der Waals surface area contributed by atoms with E-state index >= 15 is 0 Å². The van der Waals surface area contributed by atoms with Gasteiger partial charge in [0.25, 0.3) is 5.91 Å². The Bertz CT molecular complexity index is 620. The lowest BCUT2D eigenvalue weighted by atomic mass is 9.86. The van der Waals surface area contributed by atoms with Gasteiger partial charge in [0.05, 0.1) is 4.75 Å². The summed E-state index contributed by atoms with van der Waals surface area (Å²) in [4.78, 5) is 15.4. The minimum Gasteiger partial charge on any atom is -0.315 e. The first-order valence-corrected chi connectivity index (χ1v) is 10.8. The fourth-order valence-electron chi connectivity index (χ4n) is 2.72. The average Bonchev–Trinajstić information content (AvgIpc) is 2.93. The zero-order valence-corrected chi connectivity index (χ0v) is 16.9. The standard InChI is InChI=1S/C15H29N5O3S2/c1-10-13(24-20-17-10)14(21)18-16-9-11-5-7-12(8-6-11)19-25(22,23)15(2,3)4/h11-12,16-17,19-20H,5-9H2,1-4H3,(H,18,21). The first-order chi connectivity index (χ1) is 11.6. The minimum absolute atomic E-state index is 0.00917. The predicted octanol–water partition coefficient (Wildman–Crippen LogP) is 0.871. The van der Waals surface area contributed by atoms with E-state index in [0.717, 1.165) is 31.4 Å². The van der Waals surface area contributed by atoms with Crippen LogP contribution in [0.2, 0.25) is 0 Å². The molecule has 1 heterocycles. The number of allylic oxidation sites excluding steroid dienone is 1. The van der Waals surface area contributed by atoms with E-state index in [0.29, 0.717) is 17.4 Å². The van der Waals surface area contributed by atoms with E-state index in [1.54, 1.807) is 20.8 Å².